The molecule has 140 valence electrons. The van der Waals surface area contributed by atoms with Crippen molar-refractivity contribution in [2.24, 2.45) is 0 Å². The van der Waals surface area contributed by atoms with Crippen molar-refractivity contribution in [1.82, 2.24) is 4.90 Å². The third kappa shape index (κ3) is 4.09. The number of carbonyl (C=O) groups is 1. The molecular formula is C19H23NO5S. The Morgan fingerprint density at radius 3 is 2.62 bits per heavy atom. The van der Waals surface area contributed by atoms with Crippen LogP contribution >= 0.6 is 0 Å². The maximum absolute atomic E-state index is 12.9. The Labute approximate surface area is 153 Å². The standard InChI is InChI=1S/C19H23NO5S/c1-3-20(15-9-11-26(22,23)13-15)19(21)17-8-10-24-18(17)12-25-16-6-4-14(2)5-7-16/h4-8,10,15H,3,9,11-13H2,1-2H3/t15-/m1/s1. The molecule has 0 aliphatic carbocycles. The number of furan rings is 1. The van der Waals surface area contributed by atoms with Crippen LogP contribution < -0.4 is 4.74 Å². The number of hydrogen-bond acceptors (Lipinski definition) is 5. The zero-order chi connectivity index (χ0) is 18.7. The van der Waals surface area contributed by atoms with Gasteiger partial charge in [0.05, 0.1) is 23.3 Å². The number of benzene rings is 1. The lowest BCUT2D eigenvalue weighted by atomic mass is 10.1. The molecule has 1 fully saturated rings. The van der Waals surface area contributed by atoms with E-state index >= 15 is 0 Å². The Morgan fingerprint density at radius 2 is 2.00 bits per heavy atom. The molecule has 1 aliphatic rings. The first-order chi connectivity index (χ1) is 12.4. The largest absolute Gasteiger partial charge is 0.486 e. The zero-order valence-corrected chi connectivity index (χ0v) is 15.8. The maximum Gasteiger partial charge on any atom is 0.257 e. The van der Waals surface area contributed by atoms with E-state index in [-0.39, 0.29) is 30.1 Å². The smallest absolute Gasteiger partial charge is 0.257 e. The molecule has 0 bridgehead atoms. The molecule has 1 aromatic carbocycles. The van der Waals surface area contributed by atoms with E-state index in [2.05, 4.69) is 0 Å². The zero-order valence-electron chi connectivity index (χ0n) is 15.0. The van der Waals surface area contributed by atoms with Crippen LogP contribution in [0.4, 0.5) is 0 Å². The van der Waals surface area contributed by atoms with Crippen molar-refractivity contribution in [2.45, 2.75) is 32.9 Å². The molecule has 1 atom stereocenters. The van der Waals surface area contributed by atoms with Crippen molar-refractivity contribution < 1.29 is 22.4 Å². The first-order valence-corrected chi connectivity index (χ1v) is 10.5. The van der Waals surface area contributed by atoms with Gasteiger partial charge >= 0.3 is 0 Å². The molecule has 0 unspecified atom stereocenters. The summed E-state index contributed by atoms with van der Waals surface area (Å²) in [5.74, 6) is 1.08. The molecular weight excluding hydrogens is 354 g/mol. The predicted octanol–water partition coefficient (Wildman–Crippen LogP) is 2.82. The van der Waals surface area contributed by atoms with E-state index in [1.807, 2.05) is 38.1 Å². The monoisotopic (exact) mass is 377 g/mol. The number of ether oxygens (including phenoxy) is 1. The molecule has 2 aromatic rings. The van der Waals surface area contributed by atoms with Crippen molar-refractivity contribution in [1.29, 1.82) is 0 Å². The molecule has 0 N–H and O–H groups in total. The van der Waals surface area contributed by atoms with Crippen LogP contribution in [-0.4, -0.2) is 43.3 Å². The lowest BCUT2D eigenvalue weighted by Gasteiger charge is -2.26. The molecule has 7 heteroatoms. The normalized spacial score (nSPS) is 18.6. The van der Waals surface area contributed by atoms with Crippen LogP contribution in [0.15, 0.2) is 41.0 Å². The molecule has 6 nitrogen and oxygen atoms in total. The Bertz CT molecular complexity index is 870. The molecule has 0 radical (unpaired) electrons. The molecule has 1 aromatic heterocycles. The predicted molar refractivity (Wildman–Crippen MR) is 98.0 cm³/mol. The van der Waals surface area contributed by atoms with E-state index in [9.17, 15) is 13.2 Å². The number of sulfone groups is 1. The summed E-state index contributed by atoms with van der Waals surface area (Å²) in [5, 5.41) is 0. The van der Waals surface area contributed by atoms with Crippen LogP contribution in [0.25, 0.3) is 0 Å². The SMILES string of the molecule is CCN(C(=O)c1ccoc1COc1ccc(C)cc1)[C@@H]1CCS(=O)(=O)C1. The molecule has 26 heavy (non-hydrogen) atoms. The fourth-order valence-corrected chi connectivity index (χ4v) is 4.90. The fraction of sp³-hybridized carbons (Fsp3) is 0.421. The minimum Gasteiger partial charge on any atom is -0.486 e. The number of hydrogen-bond donors (Lipinski definition) is 0. The minimum atomic E-state index is -3.05. The van der Waals surface area contributed by atoms with Gasteiger partial charge in [0, 0.05) is 12.6 Å². The quantitative estimate of drug-likeness (QED) is 0.774. The molecule has 1 amide bonds. The lowest BCUT2D eigenvalue weighted by Crippen LogP contribution is -2.41. The Kier molecular flexibility index (Phi) is 5.36. The van der Waals surface area contributed by atoms with Crippen LogP contribution in [0.2, 0.25) is 0 Å². The van der Waals surface area contributed by atoms with Crippen molar-refractivity contribution >= 4 is 15.7 Å². The molecule has 0 saturated carbocycles. The highest BCUT2D eigenvalue weighted by Gasteiger charge is 2.35. The highest BCUT2D eigenvalue weighted by molar-refractivity contribution is 7.91. The summed E-state index contributed by atoms with van der Waals surface area (Å²) < 4.78 is 34.6. The summed E-state index contributed by atoms with van der Waals surface area (Å²) in [6.07, 6.45) is 1.94. The maximum atomic E-state index is 12.9. The van der Waals surface area contributed by atoms with Crippen LogP contribution in [0.3, 0.4) is 0 Å². The van der Waals surface area contributed by atoms with Gasteiger partial charge in [-0.2, -0.15) is 0 Å². The van der Waals surface area contributed by atoms with Gasteiger partial charge in [-0.1, -0.05) is 17.7 Å². The number of carbonyl (C=O) groups excluding carboxylic acids is 1. The fourth-order valence-electron chi connectivity index (χ4n) is 3.17. The van der Waals surface area contributed by atoms with Gasteiger partial charge in [0.2, 0.25) is 0 Å². The van der Waals surface area contributed by atoms with Crippen molar-refractivity contribution in [3.8, 4) is 5.75 Å². The number of amides is 1. The van der Waals surface area contributed by atoms with Crippen molar-refractivity contribution in [3.63, 3.8) is 0 Å². The minimum absolute atomic E-state index is 0.0274. The van der Waals surface area contributed by atoms with Gasteiger partial charge in [-0.15, -0.1) is 0 Å². The highest BCUT2D eigenvalue weighted by atomic mass is 32.2. The summed E-state index contributed by atoms with van der Waals surface area (Å²) in [4.78, 5) is 14.5. The van der Waals surface area contributed by atoms with Crippen LogP contribution in [0.1, 0.15) is 35.0 Å². The van der Waals surface area contributed by atoms with Gasteiger partial charge in [-0.25, -0.2) is 8.42 Å². The average molecular weight is 377 g/mol. The third-order valence-corrected chi connectivity index (χ3v) is 6.37. The van der Waals surface area contributed by atoms with Gasteiger partial charge in [-0.3, -0.25) is 4.79 Å². The van der Waals surface area contributed by atoms with E-state index in [0.717, 1.165) is 5.56 Å². The second-order valence-electron chi connectivity index (χ2n) is 6.51. The Balaban J connectivity index is 1.72. The average Bonchev–Trinajstić information content (AvgIpc) is 3.21. The Hall–Kier alpha value is -2.28. The van der Waals surface area contributed by atoms with Crippen LogP contribution in [-0.2, 0) is 16.4 Å². The van der Waals surface area contributed by atoms with E-state index in [4.69, 9.17) is 9.15 Å². The summed E-state index contributed by atoms with van der Waals surface area (Å²) in [7, 11) is -3.05. The van der Waals surface area contributed by atoms with Crippen molar-refractivity contribution in [2.75, 3.05) is 18.1 Å². The molecule has 1 saturated heterocycles. The molecule has 3 rings (SSSR count). The topological polar surface area (TPSA) is 76.8 Å². The summed E-state index contributed by atoms with van der Waals surface area (Å²) in [6.45, 7) is 4.43. The number of rotatable bonds is 6. The third-order valence-electron chi connectivity index (χ3n) is 4.62. The first-order valence-electron chi connectivity index (χ1n) is 8.67. The molecule has 1 aliphatic heterocycles. The van der Waals surface area contributed by atoms with Crippen molar-refractivity contribution in [3.05, 3.63) is 53.5 Å². The first kappa shape index (κ1) is 18.5. The van der Waals surface area contributed by atoms with Gasteiger partial charge in [0.25, 0.3) is 5.91 Å². The van der Waals surface area contributed by atoms with Crippen LogP contribution in [0.5, 0.6) is 5.75 Å². The second-order valence-corrected chi connectivity index (χ2v) is 8.74. The second kappa shape index (κ2) is 7.53. The summed E-state index contributed by atoms with van der Waals surface area (Å²) >= 11 is 0. The molecule has 2 heterocycles. The van der Waals surface area contributed by atoms with Gasteiger partial charge < -0.3 is 14.1 Å². The highest BCUT2D eigenvalue weighted by Crippen LogP contribution is 2.23. The lowest BCUT2D eigenvalue weighted by molar-refractivity contribution is 0.0703. The number of aryl methyl sites for hydroxylation is 1. The number of nitrogens with zero attached hydrogens (tertiary/aromatic N) is 1. The molecule has 0 spiro atoms. The van der Waals surface area contributed by atoms with Gasteiger partial charge in [-0.05, 0) is 38.5 Å². The van der Waals surface area contributed by atoms with E-state index in [0.29, 0.717) is 30.0 Å². The van der Waals surface area contributed by atoms with Gasteiger partial charge in [0.1, 0.15) is 12.4 Å². The Morgan fingerprint density at radius 1 is 1.27 bits per heavy atom. The van der Waals surface area contributed by atoms with E-state index < -0.39 is 9.84 Å². The van der Waals surface area contributed by atoms with Gasteiger partial charge in [0.15, 0.2) is 15.6 Å². The van der Waals surface area contributed by atoms with Crippen LogP contribution in [0, 0.1) is 6.92 Å². The van der Waals surface area contributed by atoms with E-state index in [1.165, 1.54) is 6.26 Å². The van der Waals surface area contributed by atoms with E-state index in [1.54, 1.807) is 11.0 Å². The summed E-state index contributed by atoms with van der Waals surface area (Å²) in [6, 6.07) is 8.95. The summed E-state index contributed by atoms with van der Waals surface area (Å²) in [5.41, 5.74) is 1.56.